The van der Waals surface area contributed by atoms with Gasteiger partial charge in [-0.05, 0) is 37.3 Å². The lowest BCUT2D eigenvalue weighted by Gasteiger charge is -2.32. The van der Waals surface area contributed by atoms with Gasteiger partial charge in [-0.1, -0.05) is 0 Å². The van der Waals surface area contributed by atoms with Gasteiger partial charge in [0.15, 0.2) is 0 Å². The molecule has 0 radical (unpaired) electrons. The molecule has 1 N–H and O–H groups in total. The third-order valence-electron chi connectivity index (χ3n) is 3.66. The molecule has 0 spiro atoms. The minimum absolute atomic E-state index is 0.523. The number of thiophene rings is 1. The predicted molar refractivity (Wildman–Crippen MR) is 70.2 cm³/mol. The summed E-state index contributed by atoms with van der Waals surface area (Å²) in [6.07, 6.45) is 2.96. The van der Waals surface area contributed by atoms with E-state index in [1.807, 2.05) is 11.3 Å². The monoisotopic (exact) mass is 247 g/mol. The number of aromatic amines is 1. The fourth-order valence-electron chi connectivity index (χ4n) is 2.50. The van der Waals surface area contributed by atoms with E-state index in [4.69, 9.17) is 0 Å². The van der Waals surface area contributed by atoms with Crippen molar-refractivity contribution in [1.29, 1.82) is 0 Å². The zero-order valence-corrected chi connectivity index (χ0v) is 11.0. The largest absolute Gasteiger partial charge is 0.348 e. The third-order valence-corrected chi connectivity index (χ3v) is 4.79. The lowest BCUT2D eigenvalue weighted by atomic mass is 10.0. The average molecular weight is 247 g/mol. The fraction of sp³-hybridized carbons (Fsp3) is 0.462. The Balaban J connectivity index is 1.81. The first-order valence-corrected chi connectivity index (χ1v) is 6.93. The van der Waals surface area contributed by atoms with E-state index in [1.54, 1.807) is 6.33 Å². The Labute approximate surface area is 106 Å². The predicted octanol–water partition coefficient (Wildman–Crippen LogP) is 2.90. The Hall–Kier alpha value is -1.13. The second kappa shape index (κ2) is 4.27. The summed E-state index contributed by atoms with van der Waals surface area (Å²) in [7, 11) is 0. The first-order chi connectivity index (χ1) is 8.25. The van der Waals surface area contributed by atoms with Crippen molar-refractivity contribution in [2.75, 3.05) is 6.54 Å². The summed E-state index contributed by atoms with van der Waals surface area (Å²) >= 11 is 1.88. The van der Waals surface area contributed by atoms with E-state index < -0.39 is 0 Å². The highest BCUT2D eigenvalue weighted by molar-refractivity contribution is 7.10. The van der Waals surface area contributed by atoms with Gasteiger partial charge in [-0.25, -0.2) is 4.98 Å². The number of hydrogen-bond donors (Lipinski definition) is 1. The summed E-state index contributed by atoms with van der Waals surface area (Å²) in [5.74, 6) is 0. The zero-order chi connectivity index (χ0) is 11.8. The number of hydrogen-bond acceptors (Lipinski definition) is 3. The molecule has 1 atom stereocenters. The molecule has 1 aliphatic heterocycles. The number of aromatic nitrogens is 2. The van der Waals surface area contributed by atoms with Gasteiger partial charge in [0.1, 0.15) is 0 Å². The van der Waals surface area contributed by atoms with E-state index in [2.05, 4.69) is 40.2 Å². The van der Waals surface area contributed by atoms with Crippen LogP contribution in [0, 0.1) is 6.92 Å². The summed E-state index contributed by atoms with van der Waals surface area (Å²) < 4.78 is 0. The molecule has 2 aromatic heterocycles. The van der Waals surface area contributed by atoms with Crippen molar-refractivity contribution in [3.05, 3.63) is 39.6 Å². The lowest BCUT2D eigenvalue weighted by Crippen LogP contribution is -2.32. The quantitative estimate of drug-likeness (QED) is 0.885. The van der Waals surface area contributed by atoms with Crippen LogP contribution in [0.5, 0.6) is 0 Å². The maximum absolute atomic E-state index is 4.39. The number of nitrogens with one attached hydrogen (secondary N) is 1. The van der Waals surface area contributed by atoms with Crippen LogP contribution in [0.3, 0.4) is 0 Å². The molecule has 3 heterocycles. The van der Waals surface area contributed by atoms with Gasteiger partial charge in [-0.2, -0.15) is 0 Å². The lowest BCUT2D eigenvalue weighted by molar-refractivity contribution is 0.191. The summed E-state index contributed by atoms with van der Waals surface area (Å²) in [6.45, 7) is 6.48. The van der Waals surface area contributed by atoms with Crippen LogP contribution in [-0.4, -0.2) is 21.4 Å². The van der Waals surface area contributed by atoms with Gasteiger partial charge >= 0.3 is 0 Å². The summed E-state index contributed by atoms with van der Waals surface area (Å²) in [4.78, 5) is 11.6. The molecular formula is C13H17N3S. The molecule has 0 bridgehead atoms. The van der Waals surface area contributed by atoms with Crippen molar-refractivity contribution in [3.63, 3.8) is 0 Å². The molecule has 0 saturated heterocycles. The Kier molecular flexibility index (Phi) is 2.76. The van der Waals surface area contributed by atoms with Crippen molar-refractivity contribution in [3.8, 4) is 0 Å². The highest BCUT2D eigenvalue weighted by atomic mass is 32.1. The molecular weight excluding hydrogens is 230 g/mol. The first kappa shape index (κ1) is 11.0. The maximum Gasteiger partial charge on any atom is 0.0925 e. The highest BCUT2D eigenvalue weighted by Gasteiger charge is 2.25. The molecule has 3 rings (SSSR count). The van der Waals surface area contributed by atoms with Gasteiger partial charge < -0.3 is 4.98 Å². The second-order valence-electron chi connectivity index (χ2n) is 4.68. The van der Waals surface area contributed by atoms with Crippen LogP contribution in [0.1, 0.15) is 34.8 Å². The number of nitrogens with zero attached hydrogens (tertiary/aromatic N) is 2. The van der Waals surface area contributed by atoms with E-state index in [0.29, 0.717) is 6.04 Å². The summed E-state index contributed by atoms with van der Waals surface area (Å²) in [5, 5.41) is 2.21. The van der Waals surface area contributed by atoms with E-state index in [0.717, 1.165) is 13.1 Å². The third kappa shape index (κ3) is 1.91. The summed E-state index contributed by atoms with van der Waals surface area (Å²) in [6, 6.07) is 2.79. The van der Waals surface area contributed by atoms with Crippen LogP contribution in [-0.2, 0) is 13.0 Å². The highest BCUT2D eigenvalue weighted by Crippen LogP contribution is 2.34. The van der Waals surface area contributed by atoms with Crippen molar-refractivity contribution < 1.29 is 0 Å². The molecule has 90 valence electrons. The van der Waals surface area contributed by atoms with Gasteiger partial charge in [0.25, 0.3) is 0 Å². The average Bonchev–Trinajstić information content (AvgIpc) is 2.92. The Bertz CT molecular complexity index is 514. The van der Waals surface area contributed by atoms with Gasteiger partial charge in [-0.3, -0.25) is 4.90 Å². The smallest absolute Gasteiger partial charge is 0.0925 e. The van der Waals surface area contributed by atoms with Crippen LogP contribution in [0.4, 0.5) is 0 Å². The molecule has 4 heteroatoms. The van der Waals surface area contributed by atoms with Crippen LogP contribution >= 0.6 is 11.3 Å². The number of rotatable bonds is 2. The molecule has 0 aliphatic carbocycles. The van der Waals surface area contributed by atoms with Crippen molar-refractivity contribution >= 4 is 11.3 Å². The molecule has 17 heavy (non-hydrogen) atoms. The normalized spacial score (nSPS) is 20.5. The fourth-order valence-corrected chi connectivity index (χ4v) is 3.55. The van der Waals surface area contributed by atoms with Crippen LogP contribution in [0.25, 0.3) is 0 Å². The number of imidazole rings is 1. The van der Waals surface area contributed by atoms with Crippen molar-refractivity contribution in [1.82, 2.24) is 14.9 Å². The number of aryl methyl sites for hydroxylation is 1. The van der Waals surface area contributed by atoms with E-state index in [9.17, 15) is 0 Å². The number of fused-ring (bicyclic) bond motifs is 1. The molecule has 0 fully saturated rings. The van der Waals surface area contributed by atoms with Crippen LogP contribution in [0.2, 0.25) is 0 Å². The van der Waals surface area contributed by atoms with E-state index >= 15 is 0 Å². The minimum Gasteiger partial charge on any atom is -0.348 e. The topological polar surface area (TPSA) is 31.9 Å². The van der Waals surface area contributed by atoms with Gasteiger partial charge in [0, 0.05) is 29.7 Å². The maximum atomic E-state index is 4.39. The van der Waals surface area contributed by atoms with Crippen molar-refractivity contribution in [2.45, 2.75) is 32.9 Å². The van der Waals surface area contributed by atoms with E-state index in [-0.39, 0.29) is 0 Å². The summed E-state index contributed by atoms with van der Waals surface area (Å²) in [5.41, 5.74) is 3.91. The molecule has 0 aromatic carbocycles. The minimum atomic E-state index is 0.523. The SMILES string of the molecule is Cc1[nH]cnc1CN1CCc2ccsc2C1C. The molecule has 0 amide bonds. The second-order valence-corrected chi connectivity index (χ2v) is 5.63. The molecule has 3 nitrogen and oxygen atoms in total. The Morgan fingerprint density at radius 3 is 3.24 bits per heavy atom. The number of H-pyrrole nitrogens is 1. The van der Waals surface area contributed by atoms with Crippen LogP contribution in [0.15, 0.2) is 17.8 Å². The van der Waals surface area contributed by atoms with Crippen LogP contribution < -0.4 is 0 Å². The first-order valence-electron chi connectivity index (χ1n) is 6.05. The Morgan fingerprint density at radius 1 is 1.59 bits per heavy atom. The molecule has 0 saturated carbocycles. The standard InChI is InChI=1S/C13H17N3S/c1-9-12(15-8-14-9)7-16-5-3-11-4-6-17-13(11)10(16)2/h4,6,8,10H,3,5,7H2,1-2H3,(H,14,15). The van der Waals surface area contributed by atoms with Crippen molar-refractivity contribution in [2.24, 2.45) is 0 Å². The van der Waals surface area contributed by atoms with Gasteiger partial charge in [0.2, 0.25) is 0 Å². The molecule has 1 unspecified atom stereocenters. The molecule has 1 aliphatic rings. The zero-order valence-electron chi connectivity index (χ0n) is 10.2. The molecule has 2 aromatic rings. The van der Waals surface area contributed by atoms with Gasteiger partial charge in [0.05, 0.1) is 12.0 Å². The Morgan fingerprint density at radius 2 is 2.47 bits per heavy atom. The van der Waals surface area contributed by atoms with E-state index in [1.165, 1.54) is 28.2 Å². The van der Waals surface area contributed by atoms with Gasteiger partial charge in [-0.15, -0.1) is 11.3 Å².